The van der Waals surface area contributed by atoms with Gasteiger partial charge in [-0.05, 0) is 56.0 Å². The van der Waals surface area contributed by atoms with E-state index in [0.717, 1.165) is 38.3 Å². The average Bonchev–Trinajstić information content (AvgIpc) is 2.72. The lowest BCUT2D eigenvalue weighted by Gasteiger charge is -2.35. The Bertz CT molecular complexity index is 663. The molecule has 3 heteroatoms. The molecule has 0 radical (unpaired) electrons. The van der Waals surface area contributed by atoms with E-state index in [2.05, 4.69) is 35.2 Å². The van der Waals surface area contributed by atoms with Crippen LogP contribution in [0.2, 0.25) is 0 Å². The van der Waals surface area contributed by atoms with E-state index >= 15 is 0 Å². The lowest BCUT2D eigenvalue weighted by molar-refractivity contribution is -0.118. The van der Waals surface area contributed by atoms with Crippen LogP contribution < -0.4 is 4.90 Å². The van der Waals surface area contributed by atoms with Crippen LogP contribution in [0.3, 0.4) is 0 Å². The van der Waals surface area contributed by atoms with Crippen molar-refractivity contribution in [3.05, 3.63) is 66.2 Å². The van der Waals surface area contributed by atoms with Crippen LogP contribution in [0.25, 0.3) is 0 Å². The molecular formula is C23H30N2O. The van der Waals surface area contributed by atoms with Crippen LogP contribution in [-0.2, 0) is 11.2 Å². The van der Waals surface area contributed by atoms with Crippen molar-refractivity contribution in [3.8, 4) is 0 Å². The number of anilines is 1. The molecule has 1 heterocycles. The number of amides is 1. The first-order valence-electron chi connectivity index (χ1n) is 9.88. The summed E-state index contributed by atoms with van der Waals surface area (Å²) >= 11 is 0. The Balaban J connectivity index is 1.49. The maximum atomic E-state index is 12.4. The van der Waals surface area contributed by atoms with Gasteiger partial charge in [-0.25, -0.2) is 0 Å². The van der Waals surface area contributed by atoms with Gasteiger partial charge in [0.1, 0.15) is 0 Å². The molecule has 26 heavy (non-hydrogen) atoms. The molecule has 1 aliphatic rings. The van der Waals surface area contributed by atoms with Crippen molar-refractivity contribution in [2.75, 3.05) is 31.1 Å². The van der Waals surface area contributed by atoms with E-state index in [-0.39, 0.29) is 5.91 Å². The SMILES string of the molecule is CCC(=O)N(CC1CCN(CCc2ccccc2)CC1)c1ccccc1. The fourth-order valence-electron chi connectivity index (χ4n) is 3.73. The molecule has 0 aromatic heterocycles. The Labute approximate surface area is 157 Å². The molecule has 3 nitrogen and oxygen atoms in total. The molecule has 0 atom stereocenters. The van der Waals surface area contributed by atoms with E-state index in [0.29, 0.717) is 12.3 Å². The molecule has 3 rings (SSSR count). The lowest BCUT2D eigenvalue weighted by atomic mass is 9.95. The van der Waals surface area contributed by atoms with Crippen LogP contribution in [0.15, 0.2) is 60.7 Å². The highest BCUT2D eigenvalue weighted by Crippen LogP contribution is 2.23. The van der Waals surface area contributed by atoms with Gasteiger partial charge >= 0.3 is 0 Å². The minimum atomic E-state index is 0.225. The normalized spacial score (nSPS) is 15.7. The Kier molecular flexibility index (Phi) is 6.84. The highest BCUT2D eigenvalue weighted by molar-refractivity contribution is 5.93. The maximum absolute atomic E-state index is 12.4. The molecule has 0 saturated carbocycles. The summed E-state index contributed by atoms with van der Waals surface area (Å²) in [5, 5.41) is 0. The summed E-state index contributed by atoms with van der Waals surface area (Å²) in [7, 11) is 0. The van der Waals surface area contributed by atoms with Crippen LogP contribution >= 0.6 is 0 Å². The summed E-state index contributed by atoms with van der Waals surface area (Å²) in [6, 6.07) is 20.8. The summed E-state index contributed by atoms with van der Waals surface area (Å²) in [6.45, 7) is 6.21. The van der Waals surface area contributed by atoms with E-state index in [1.54, 1.807) is 0 Å². The predicted octanol–water partition coefficient (Wildman–Crippen LogP) is 4.38. The largest absolute Gasteiger partial charge is 0.312 e. The average molecular weight is 351 g/mol. The van der Waals surface area contributed by atoms with Gasteiger partial charge in [-0.3, -0.25) is 4.79 Å². The van der Waals surface area contributed by atoms with Crippen molar-refractivity contribution < 1.29 is 4.79 Å². The summed E-state index contributed by atoms with van der Waals surface area (Å²) in [4.78, 5) is 17.0. The van der Waals surface area contributed by atoms with Gasteiger partial charge in [-0.15, -0.1) is 0 Å². The fraction of sp³-hybridized carbons (Fsp3) is 0.435. The monoisotopic (exact) mass is 350 g/mol. The summed E-state index contributed by atoms with van der Waals surface area (Å²) in [5.41, 5.74) is 2.45. The Morgan fingerprint density at radius 2 is 1.62 bits per heavy atom. The number of carbonyl (C=O) groups excluding carboxylic acids is 1. The molecule has 1 fully saturated rings. The van der Waals surface area contributed by atoms with E-state index in [1.165, 1.54) is 18.4 Å². The Morgan fingerprint density at radius 1 is 1.00 bits per heavy atom. The number of rotatable bonds is 7. The van der Waals surface area contributed by atoms with Gasteiger partial charge in [0.2, 0.25) is 5.91 Å². The topological polar surface area (TPSA) is 23.6 Å². The second-order valence-electron chi connectivity index (χ2n) is 7.21. The molecule has 0 unspecified atom stereocenters. The molecule has 0 aliphatic carbocycles. The van der Waals surface area contributed by atoms with Gasteiger partial charge in [0.25, 0.3) is 0 Å². The van der Waals surface area contributed by atoms with Gasteiger partial charge in [0.05, 0.1) is 0 Å². The molecule has 0 N–H and O–H groups in total. The number of piperidine rings is 1. The third-order valence-electron chi connectivity index (χ3n) is 5.38. The van der Waals surface area contributed by atoms with Gasteiger partial charge in [0.15, 0.2) is 0 Å². The first-order chi connectivity index (χ1) is 12.8. The van der Waals surface area contributed by atoms with Gasteiger partial charge in [0, 0.05) is 25.2 Å². The highest BCUT2D eigenvalue weighted by atomic mass is 16.2. The van der Waals surface area contributed by atoms with Crippen molar-refractivity contribution in [1.29, 1.82) is 0 Å². The number of nitrogens with zero attached hydrogens (tertiary/aromatic N) is 2. The molecule has 0 bridgehead atoms. The van der Waals surface area contributed by atoms with E-state index in [4.69, 9.17) is 0 Å². The summed E-state index contributed by atoms with van der Waals surface area (Å²) in [6.07, 6.45) is 4.03. The molecule has 0 spiro atoms. The van der Waals surface area contributed by atoms with Crippen LogP contribution in [0.4, 0.5) is 5.69 Å². The Hall–Kier alpha value is -2.13. The third kappa shape index (κ3) is 5.18. The van der Waals surface area contributed by atoms with Gasteiger partial charge in [-0.1, -0.05) is 55.5 Å². The molecule has 1 aliphatic heterocycles. The second kappa shape index (κ2) is 9.54. The first-order valence-corrected chi connectivity index (χ1v) is 9.88. The maximum Gasteiger partial charge on any atom is 0.226 e. The van der Waals surface area contributed by atoms with Gasteiger partial charge in [-0.2, -0.15) is 0 Å². The zero-order valence-electron chi connectivity index (χ0n) is 15.8. The number of hydrogen-bond acceptors (Lipinski definition) is 2. The number of carbonyl (C=O) groups is 1. The van der Waals surface area contributed by atoms with Crippen molar-refractivity contribution in [2.24, 2.45) is 5.92 Å². The van der Waals surface area contributed by atoms with E-state index in [1.807, 2.05) is 42.2 Å². The zero-order valence-corrected chi connectivity index (χ0v) is 15.8. The van der Waals surface area contributed by atoms with Gasteiger partial charge < -0.3 is 9.80 Å². The van der Waals surface area contributed by atoms with Crippen LogP contribution in [0.5, 0.6) is 0 Å². The molecule has 2 aromatic carbocycles. The number of hydrogen-bond donors (Lipinski definition) is 0. The second-order valence-corrected chi connectivity index (χ2v) is 7.21. The van der Waals surface area contributed by atoms with E-state index in [9.17, 15) is 4.79 Å². The molecule has 1 amide bonds. The minimum Gasteiger partial charge on any atom is -0.312 e. The Morgan fingerprint density at radius 3 is 2.23 bits per heavy atom. The minimum absolute atomic E-state index is 0.225. The van der Waals surface area contributed by atoms with Crippen LogP contribution in [0, 0.1) is 5.92 Å². The molecule has 138 valence electrons. The predicted molar refractivity (Wildman–Crippen MR) is 108 cm³/mol. The van der Waals surface area contributed by atoms with Crippen LogP contribution in [-0.4, -0.2) is 37.0 Å². The molecular weight excluding hydrogens is 320 g/mol. The van der Waals surface area contributed by atoms with Crippen molar-refractivity contribution in [2.45, 2.75) is 32.6 Å². The van der Waals surface area contributed by atoms with Crippen molar-refractivity contribution in [3.63, 3.8) is 0 Å². The smallest absolute Gasteiger partial charge is 0.226 e. The van der Waals surface area contributed by atoms with Crippen molar-refractivity contribution >= 4 is 11.6 Å². The third-order valence-corrected chi connectivity index (χ3v) is 5.38. The first kappa shape index (κ1) is 18.7. The molecule has 2 aromatic rings. The standard InChI is InChI=1S/C23H30N2O/c1-2-23(26)25(22-11-7-4-8-12-22)19-21-14-17-24(18-15-21)16-13-20-9-5-3-6-10-20/h3-12,21H,2,13-19H2,1H3. The molecule has 1 saturated heterocycles. The number of benzene rings is 2. The summed E-state index contributed by atoms with van der Waals surface area (Å²) < 4.78 is 0. The number of para-hydroxylation sites is 1. The number of likely N-dealkylation sites (tertiary alicyclic amines) is 1. The van der Waals surface area contributed by atoms with Crippen molar-refractivity contribution in [1.82, 2.24) is 4.90 Å². The fourth-order valence-corrected chi connectivity index (χ4v) is 3.73. The summed E-state index contributed by atoms with van der Waals surface area (Å²) in [5.74, 6) is 0.821. The highest BCUT2D eigenvalue weighted by Gasteiger charge is 2.23. The van der Waals surface area contributed by atoms with E-state index < -0.39 is 0 Å². The lowest BCUT2D eigenvalue weighted by Crippen LogP contribution is -2.41. The quantitative estimate of drug-likeness (QED) is 0.740. The van der Waals surface area contributed by atoms with Crippen LogP contribution in [0.1, 0.15) is 31.7 Å². The zero-order chi connectivity index (χ0) is 18.2.